The molecule has 0 saturated heterocycles. The van der Waals surface area contributed by atoms with E-state index in [4.69, 9.17) is 11.6 Å². The van der Waals surface area contributed by atoms with E-state index in [0.29, 0.717) is 6.42 Å². The monoisotopic (exact) mass is 290 g/mol. The Balaban J connectivity index is 2.00. The minimum absolute atomic E-state index is 0.167. The molecule has 1 aliphatic rings. The van der Waals surface area contributed by atoms with Gasteiger partial charge in [-0.1, -0.05) is 46.6 Å². The number of rotatable bonds is 3. The van der Waals surface area contributed by atoms with Crippen molar-refractivity contribution in [3.8, 4) is 0 Å². The van der Waals surface area contributed by atoms with E-state index in [1.54, 1.807) is 0 Å². The highest BCUT2D eigenvalue weighted by Gasteiger charge is 2.55. The van der Waals surface area contributed by atoms with Gasteiger partial charge in [0.25, 0.3) is 0 Å². The Morgan fingerprint density at radius 3 is 2.53 bits per heavy atom. The van der Waals surface area contributed by atoms with Gasteiger partial charge >= 0.3 is 0 Å². The van der Waals surface area contributed by atoms with Crippen molar-refractivity contribution >= 4 is 27.5 Å². The van der Waals surface area contributed by atoms with E-state index >= 15 is 0 Å². The quantitative estimate of drug-likeness (QED) is 0.724. The van der Waals surface area contributed by atoms with Gasteiger partial charge in [-0.25, -0.2) is 4.39 Å². The van der Waals surface area contributed by atoms with Crippen LogP contribution in [0.2, 0.25) is 5.02 Å². The summed E-state index contributed by atoms with van der Waals surface area (Å²) in [4.78, 5) is 0.209. The Kier molecular flexibility index (Phi) is 3.09. The molecule has 0 radical (unpaired) electrons. The van der Waals surface area contributed by atoms with E-state index in [2.05, 4.69) is 15.9 Å². The van der Waals surface area contributed by atoms with Gasteiger partial charge in [-0.3, -0.25) is 0 Å². The molecule has 0 heterocycles. The van der Waals surface area contributed by atoms with Crippen LogP contribution in [0.5, 0.6) is 0 Å². The van der Waals surface area contributed by atoms with E-state index in [1.807, 2.05) is 31.2 Å². The van der Waals surface area contributed by atoms with Gasteiger partial charge in [-0.15, -0.1) is 0 Å². The largest absolute Gasteiger partial charge is 0.247 e. The van der Waals surface area contributed by atoms with Crippen molar-refractivity contribution < 1.29 is 4.39 Å². The Labute approximate surface area is 103 Å². The molecule has 1 aromatic carbocycles. The molecule has 3 heteroatoms. The number of hydrogen-bond donors (Lipinski definition) is 0. The van der Waals surface area contributed by atoms with Crippen molar-refractivity contribution in [2.45, 2.75) is 30.8 Å². The number of halogens is 3. The first-order chi connectivity index (χ1) is 7.02. The smallest absolute Gasteiger partial charge is 0.107 e. The number of hydrogen-bond acceptors (Lipinski definition) is 0. The Morgan fingerprint density at radius 2 is 2.07 bits per heavy atom. The molecule has 0 N–H and O–H groups in total. The summed E-state index contributed by atoms with van der Waals surface area (Å²) >= 11 is 9.39. The number of alkyl halides is 2. The second kappa shape index (κ2) is 4.06. The van der Waals surface area contributed by atoms with Crippen molar-refractivity contribution in [3.63, 3.8) is 0 Å². The summed E-state index contributed by atoms with van der Waals surface area (Å²) in [5, 5.41) is 0.742. The molecule has 0 spiro atoms. The highest BCUT2D eigenvalue weighted by Crippen LogP contribution is 2.54. The second-order valence-electron chi connectivity index (χ2n) is 4.48. The molecule has 2 rings (SSSR count). The van der Waals surface area contributed by atoms with E-state index in [1.165, 1.54) is 5.56 Å². The molecule has 0 aliphatic heterocycles. The minimum atomic E-state index is -0.644. The van der Waals surface area contributed by atoms with Gasteiger partial charge in [0.1, 0.15) is 6.17 Å². The zero-order valence-corrected chi connectivity index (χ0v) is 10.9. The normalized spacial score (nSPS) is 31.3. The molecule has 1 fully saturated rings. The van der Waals surface area contributed by atoms with Gasteiger partial charge < -0.3 is 0 Å². The van der Waals surface area contributed by atoms with Crippen LogP contribution in [-0.4, -0.2) is 11.0 Å². The van der Waals surface area contributed by atoms with Gasteiger partial charge in [0.2, 0.25) is 0 Å². The lowest BCUT2D eigenvalue weighted by molar-refractivity contribution is 0.371. The third-order valence-corrected chi connectivity index (χ3v) is 4.84. The lowest BCUT2D eigenvalue weighted by Gasteiger charge is -2.16. The summed E-state index contributed by atoms with van der Waals surface area (Å²) in [7, 11) is 0. The summed E-state index contributed by atoms with van der Waals surface area (Å²) in [5.41, 5.74) is 1.03. The Bertz CT molecular complexity index is 351. The van der Waals surface area contributed by atoms with Crippen LogP contribution in [0.25, 0.3) is 0 Å². The Hall–Kier alpha value is -0.0800. The van der Waals surface area contributed by atoms with Crippen molar-refractivity contribution in [2.75, 3.05) is 0 Å². The molecule has 1 aromatic rings. The van der Waals surface area contributed by atoms with Crippen LogP contribution >= 0.6 is 27.5 Å². The highest BCUT2D eigenvalue weighted by atomic mass is 79.9. The molecule has 0 aromatic heterocycles. The summed E-state index contributed by atoms with van der Waals surface area (Å²) < 4.78 is 13.1. The van der Waals surface area contributed by atoms with Gasteiger partial charge in [-0.05, 0) is 30.5 Å². The first-order valence-electron chi connectivity index (χ1n) is 5.05. The van der Waals surface area contributed by atoms with E-state index in [0.717, 1.165) is 11.4 Å². The molecular formula is C12H13BrClF. The van der Waals surface area contributed by atoms with Crippen LogP contribution in [0.1, 0.15) is 18.9 Å². The van der Waals surface area contributed by atoms with Gasteiger partial charge in [0.15, 0.2) is 0 Å². The van der Waals surface area contributed by atoms with Crippen molar-refractivity contribution in [1.29, 1.82) is 0 Å². The second-order valence-corrected chi connectivity index (χ2v) is 6.02. The average Bonchev–Trinajstić information content (AvgIpc) is 2.80. The van der Waals surface area contributed by atoms with E-state index in [9.17, 15) is 4.39 Å². The maximum atomic E-state index is 13.1. The maximum absolute atomic E-state index is 13.1. The predicted molar refractivity (Wildman–Crippen MR) is 65.5 cm³/mol. The molecule has 15 heavy (non-hydrogen) atoms. The lowest BCUT2D eigenvalue weighted by atomic mass is 9.98. The molecule has 0 bridgehead atoms. The molecule has 0 nitrogen and oxygen atoms in total. The SMILES string of the molecule is CC1(C(Br)Cc2ccc(Cl)cc2)CC1F. The highest BCUT2D eigenvalue weighted by molar-refractivity contribution is 9.09. The van der Waals surface area contributed by atoms with Crippen LogP contribution in [0, 0.1) is 5.41 Å². The fraction of sp³-hybridized carbons (Fsp3) is 0.500. The van der Waals surface area contributed by atoms with Crippen molar-refractivity contribution in [2.24, 2.45) is 5.41 Å². The minimum Gasteiger partial charge on any atom is -0.247 e. The predicted octanol–water partition coefficient (Wildman–Crippen LogP) is 4.39. The molecule has 3 atom stereocenters. The first kappa shape index (κ1) is 11.4. The fourth-order valence-corrected chi connectivity index (χ4v) is 2.69. The molecule has 82 valence electrons. The zero-order valence-electron chi connectivity index (χ0n) is 8.51. The van der Waals surface area contributed by atoms with Gasteiger partial charge in [0.05, 0.1) is 0 Å². The van der Waals surface area contributed by atoms with Crippen LogP contribution in [-0.2, 0) is 6.42 Å². The third-order valence-electron chi connectivity index (χ3n) is 3.22. The van der Waals surface area contributed by atoms with Crippen LogP contribution in [0.4, 0.5) is 4.39 Å². The fourth-order valence-electron chi connectivity index (χ4n) is 1.71. The summed E-state index contributed by atoms with van der Waals surface area (Å²) in [6, 6.07) is 7.74. The van der Waals surface area contributed by atoms with E-state index in [-0.39, 0.29) is 10.2 Å². The molecule has 3 unspecified atom stereocenters. The van der Waals surface area contributed by atoms with Crippen molar-refractivity contribution in [1.82, 2.24) is 0 Å². The van der Waals surface area contributed by atoms with Crippen LogP contribution in [0.15, 0.2) is 24.3 Å². The summed E-state index contributed by atoms with van der Waals surface area (Å²) in [6.45, 7) is 1.99. The zero-order chi connectivity index (χ0) is 11.1. The molecule has 1 aliphatic carbocycles. The summed E-state index contributed by atoms with van der Waals surface area (Å²) in [5.74, 6) is 0. The topological polar surface area (TPSA) is 0 Å². The molecular weight excluding hydrogens is 278 g/mol. The number of benzene rings is 1. The van der Waals surface area contributed by atoms with Crippen molar-refractivity contribution in [3.05, 3.63) is 34.9 Å². The standard InChI is InChI=1S/C12H13BrClF/c1-12(7-11(12)15)10(13)6-8-2-4-9(14)5-3-8/h2-5,10-11H,6-7H2,1H3. The first-order valence-corrected chi connectivity index (χ1v) is 6.34. The third kappa shape index (κ3) is 2.36. The van der Waals surface area contributed by atoms with Gasteiger partial charge in [0, 0.05) is 15.3 Å². The van der Waals surface area contributed by atoms with Gasteiger partial charge in [-0.2, -0.15) is 0 Å². The van der Waals surface area contributed by atoms with E-state index < -0.39 is 6.17 Å². The lowest BCUT2D eigenvalue weighted by Crippen LogP contribution is -2.17. The molecule has 0 amide bonds. The summed E-state index contributed by atoms with van der Waals surface area (Å²) in [6.07, 6.45) is 0.888. The van der Waals surface area contributed by atoms with Crippen LogP contribution < -0.4 is 0 Å². The Morgan fingerprint density at radius 1 is 1.53 bits per heavy atom. The maximum Gasteiger partial charge on any atom is 0.107 e. The molecule has 1 saturated carbocycles. The van der Waals surface area contributed by atoms with Crippen LogP contribution in [0.3, 0.4) is 0 Å². The average molecular weight is 292 g/mol.